The van der Waals surface area contributed by atoms with Gasteiger partial charge in [-0.2, -0.15) is 0 Å². The summed E-state index contributed by atoms with van der Waals surface area (Å²) in [6.07, 6.45) is 0.835. The van der Waals surface area contributed by atoms with Crippen LogP contribution in [0.1, 0.15) is 16.7 Å². The van der Waals surface area contributed by atoms with Crippen molar-refractivity contribution in [2.45, 2.75) is 20.3 Å². The average molecular weight is 268 g/mol. The zero-order valence-electron chi connectivity index (χ0n) is 11.9. The SMILES string of the molecule is Cc1ccc(CCNC(=O)Nc2ccc(C)cc2)cc1. The van der Waals surface area contributed by atoms with E-state index in [1.807, 2.05) is 31.2 Å². The number of carbonyl (C=O) groups is 1. The Morgan fingerprint density at radius 3 is 2.05 bits per heavy atom. The lowest BCUT2D eigenvalue weighted by Gasteiger charge is -2.08. The van der Waals surface area contributed by atoms with Gasteiger partial charge in [0.25, 0.3) is 0 Å². The Morgan fingerprint density at radius 1 is 0.900 bits per heavy atom. The monoisotopic (exact) mass is 268 g/mol. The molecule has 0 radical (unpaired) electrons. The van der Waals surface area contributed by atoms with Crippen molar-refractivity contribution in [3.05, 3.63) is 65.2 Å². The molecule has 0 saturated carbocycles. The molecule has 2 N–H and O–H groups in total. The van der Waals surface area contributed by atoms with Gasteiger partial charge in [0.1, 0.15) is 0 Å². The van der Waals surface area contributed by atoms with Crippen molar-refractivity contribution in [3.63, 3.8) is 0 Å². The Kier molecular flexibility index (Phi) is 4.77. The maximum atomic E-state index is 11.7. The minimum Gasteiger partial charge on any atom is -0.338 e. The zero-order chi connectivity index (χ0) is 14.4. The van der Waals surface area contributed by atoms with Crippen LogP contribution in [0.2, 0.25) is 0 Å². The lowest BCUT2D eigenvalue weighted by Crippen LogP contribution is -2.30. The van der Waals surface area contributed by atoms with Gasteiger partial charge in [0.15, 0.2) is 0 Å². The van der Waals surface area contributed by atoms with Crippen LogP contribution in [0.5, 0.6) is 0 Å². The van der Waals surface area contributed by atoms with E-state index in [0.29, 0.717) is 6.54 Å². The summed E-state index contributed by atoms with van der Waals surface area (Å²) in [5.74, 6) is 0. The second-order valence-electron chi connectivity index (χ2n) is 4.98. The van der Waals surface area contributed by atoms with Crippen LogP contribution >= 0.6 is 0 Å². The predicted octanol–water partition coefficient (Wildman–Crippen LogP) is 3.67. The van der Waals surface area contributed by atoms with Gasteiger partial charge < -0.3 is 10.6 Å². The third kappa shape index (κ3) is 4.43. The lowest BCUT2D eigenvalue weighted by molar-refractivity contribution is 0.252. The van der Waals surface area contributed by atoms with Crippen LogP contribution in [0.15, 0.2) is 48.5 Å². The van der Waals surface area contributed by atoms with E-state index in [2.05, 4.69) is 41.8 Å². The van der Waals surface area contributed by atoms with Crippen LogP contribution in [0.25, 0.3) is 0 Å². The van der Waals surface area contributed by atoms with Crippen LogP contribution in [0.4, 0.5) is 10.5 Å². The van der Waals surface area contributed by atoms with Crippen LogP contribution in [0, 0.1) is 13.8 Å². The number of nitrogens with one attached hydrogen (secondary N) is 2. The van der Waals surface area contributed by atoms with Crippen LogP contribution < -0.4 is 10.6 Å². The summed E-state index contributed by atoms with van der Waals surface area (Å²) in [6.45, 7) is 4.71. The van der Waals surface area contributed by atoms with Crippen molar-refractivity contribution >= 4 is 11.7 Å². The summed E-state index contributed by atoms with van der Waals surface area (Å²) < 4.78 is 0. The van der Waals surface area contributed by atoms with Crippen molar-refractivity contribution in [1.29, 1.82) is 0 Å². The van der Waals surface area contributed by atoms with Crippen molar-refractivity contribution in [2.24, 2.45) is 0 Å². The van der Waals surface area contributed by atoms with E-state index >= 15 is 0 Å². The molecule has 2 rings (SSSR count). The van der Waals surface area contributed by atoms with E-state index in [-0.39, 0.29) is 6.03 Å². The van der Waals surface area contributed by atoms with Gasteiger partial charge in [-0.15, -0.1) is 0 Å². The second-order valence-corrected chi connectivity index (χ2v) is 4.98. The quantitative estimate of drug-likeness (QED) is 0.872. The van der Waals surface area contributed by atoms with E-state index in [1.54, 1.807) is 0 Å². The molecule has 0 aliphatic carbocycles. The normalized spacial score (nSPS) is 10.1. The fraction of sp³-hybridized carbons (Fsp3) is 0.235. The van der Waals surface area contributed by atoms with E-state index < -0.39 is 0 Å². The van der Waals surface area contributed by atoms with Gasteiger partial charge in [-0.05, 0) is 38.0 Å². The molecule has 0 aliphatic heterocycles. The molecular formula is C17H20N2O. The summed E-state index contributed by atoms with van der Waals surface area (Å²) in [7, 11) is 0. The first-order chi connectivity index (χ1) is 9.63. The maximum Gasteiger partial charge on any atom is 0.319 e. The number of rotatable bonds is 4. The molecule has 20 heavy (non-hydrogen) atoms. The molecule has 0 bridgehead atoms. The number of hydrogen-bond acceptors (Lipinski definition) is 1. The number of urea groups is 1. The van der Waals surface area contributed by atoms with Gasteiger partial charge in [0, 0.05) is 12.2 Å². The van der Waals surface area contributed by atoms with E-state index in [0.717, 1.165) is 12.1 Å². The maximum absolute atomic E-state index is 11.7. The topological polar surface area (TPSA) is 41.1 Å². The number of amides is 2. The molecule has 0 spiro atoms. The smallest absolute Gasteiger partial charge is 0.319 e. The molecule has 0 fully saturated rings. The van der Waals surface area contributed by atoms with Crippen LogP contribution in [-0.2, 0) is 6.42 Å². The summed E-state index contributed by atoms with van der Waals surface area (Å²) >= 11 is 0. The fourth-order valence-electron chi connectivity index (χ4n) is 1.89. The first kappa shape index (κ1) is 14.1. The fourth-order valence-corrected chi connectivity index (χ4v) is 1.89. The van der Waals surface area contributed by atoms with Crippen molar-refractivity contribution in [1.82, 2.24) is 5.32 Å². The third-order valence-corrected chi connectivity index (χ3v) is 3.13. The second kappa shape index (κ2) is 6.75. The number of hydrogen-bond donors (Lipinski definition) is 2. The van der Waals surface area contributed by atoms with Gasteiger partial charge in [-0.1, -0.05) is 47.5 Å². The molecule has 2 aromatic rings. The highest BCUT2D eigenvalue weighted by atomic mass is 16.2. The van der Waals surface area contributed by atoms with Crippen LogP contribution in [-0.4, -0.2) is 12.6 Å². The summed E-state index contributed by atoms with van der Waals surface area (Å²) in [5, 5.41) is 5.67. The Bertz CT molecular complexity index is 559. The predicted molar refractivity (Wildman–Crippen MR) is 83.1 cm³/mol. The zero-order valence-corrected chi connectivity index (χ0v) is 11.9. The van der Waals surface area contributed by atoms with E-state index in [9.17, 15) is 4.79 Å². The first-order valence-corrected chi connectivity index (χ1v) is 6.80. The van der Waals surface area contributed by atoms with Gasteiger partial charge in [0.2, 0.25) is 0 Å². The lowest BCUT2D eigenvalue weighted by atomic mass is 10.1. The molecule has 0 aliphatic rings. The number of benzene rings is 2. The Morgan fingerprint density at radius 2 is 1.45 bits per heavy atom. The minimum atomic E-state index is -0.166. The van der Waals surface area contributed by atoms with Gasteiger partial charge >= 0.3 is 6.03 Å². The summed E-state index contributed by atoms with van der Waals surface area (Å²) in [5.41, 5.74) is 4.46. The number of carbonyl (C=O) groups excluding carboxylic acids is 1. The molecule has 0 unspecified atom stereocenters. The summed E-state index contributed by atoms with van der Waals surface area (Å²) in [4.78, 5) is 11.7. The average Bonchev–Trinajstić information content (AvgIpc) is 2.44. The molecule has 0 atom stereocenters. The molecule has 2 aromatic carbocycles. The van der Waals surface area contributed by atoms with Gasteiger partial charge in [-0.25, -0.2) is 4.79 Å². The van der Waals surface area contributed by atoms with Crippen molar-refractivity contribution in [3.8, 4) is 0 Å². The molecule has 0 heterocycles. The number of anilines is 1. The standard InChI is InChI=1S/C17H20N2O/c1-13-3-7-15(8-4-13)11-12-18-17(20)19-16-9-5-14(2)6-10-16/h3-10H,11-12H2,1-2H3,(H2,18,19,20). The highest BCUT2D eigenvalue weighted by Crippen LogP contribution is 2.08. The Labute approximate surface area is 120 Å². The number of aryl methyl sites for hydroxylation is 2. The Hall–Kier alpha value is -2.29. The summed E-state index contributed by atoms with van der Waals surface area (Å²) in [6, 6.07) is 15.9. The Balaban J connectivity index is 1.75. The first-order valence-electron chi connectivity index (χ1n) is 6.80. The minimum absolute atomic E-state index is 0.166. The molecule has 2 amide bonds. The van der Waals surface area contributed by atoms with Crippen molar-refractivity contribution in [2.75, 3.05) is 11.9 Å². The largest absolute Gasteiger partial charge is 0.338 e. The molecule has 3 heteroatoms. The molecule has 0 saturated heterocycles. The molecule has 0 aromatic heterocycles. The molecule has 3 nitrogen and oxygen atoms in total. The molecule has 104 valence electrons. The third-order valence-electron chi connectivity index (χ3n) is 3.13. The van der Waals surface area contributed by atoms with Gasteiger partial charge in [0.05, 0.1) is 0 Å². The van der Waals surface area contributed by atoms with E-state index in [1.165, 1.54) is 16.7 Å². The molecular weight excluding hydrogens is 248 g/mol. The van der Waals surface area contributed by atoms with Gasteiger partial charge in [-0.3, -0.25) is 0 Å². The highest BCUT2D eigenvalue weighted by Gasteiger charge is 2.01. The van der Waals surface area contributed by atoms with Crippen LogP contribution in [0.3, 0.4) is 0 Å². The van der Waals surface area contributed by atoms with Crippen molar-refractivity contribution < 1.29 is 4.79 Å². The van der Waals surface area contributed by atoms with E-state index in [4.69, 9.17) is 0 Å². The highest BCUT2D eigenvalue weighted by molar-refractivity contribution is 5.89.